The van der Waals surface area contributed by atoms with Gasteiger partial charge in [-0.25, -0.2) is 0 Å². The lowest BCUT2D eigenvalue weighted by molar-refractivity contribution is 0.388. The van der Waals surface area contributed by atoms with E-state index in [1.165, 1.54) is 0 Å². The average Bonchev–Trinajstić information content (AvgIpc) is 2.74. The van der Waals surface area contributed by atoms with Gasteiger partial charge in [-0.3, -0.25) is 0 Å². The molecule has 88 valence electrons. The predicted octanol–water partition coefficient (Wildman–Crippen LogP) is 3.86. The van der Waals surface area contributed by atoms with Crippen molar-refractivity contribution in [3.05, 3.63) is 52.5 Å². The first-order chi connectivity index (χ1) is 8.02. The second kappa shape index (κ2) is 3.28. The van der Waals surface area contributed by atoms with Crippen LogP contribution in [0, 0.1) is 35.1 Å². The van der Waals surface area contributed by atoms with Crippen LogP contribution in [0.1, 0.15) is 30.4 Å². The van der Waals surface area contributed by atoms with Crippen molar-refractivity contribution in [2.24, 2.45) is 5.92 Å². The number of rotatable bonds is 0. The maximum absolute atomic E-state index is 13.7. The second-order valence-corrected chi connectivity index (χ2v) is 4.56. The molecule has 1 aromatic carbocycles. The number of allylic oxidation sites excluding steroid dienone is 2. The molecule has 0 fully saturated rings. The maximum atomic E-state index is 13.7. The molecule has 0 nitrogen and oxygen atoms in total. The van der Waals surface area contributed by atoms with E-state index in [-0.39, 0.29) is 23.0 Å². The fourth-order valence-corrected chi connectivity index (χ4v) is 2.80. The van der Waals surface area contributed by atoms with E-state index in [1.807, 2.05) is 6.08 Å². The van der Waals surface area contributed by atoms with Crippen molar-refractivity contribution < 1.29 is 17.6 Å². The van der Waals surface area contributed by atoms with Gasteiger partial charge in [-0.1, -0.05) is 12.2 Å². The number of hydrogen-bond acceptors (Lipinski definition) is 0. The first-order valence-electron chi connectivity index (χ1n) is 5.40. The summed E-state index contributed by atoms with van der Waals surface area (Å²) >= 11 is 0. The van der Waals surface area contributed by atoms with Crippen LogP contribution in [0.25, 0.3) is 0 Å². The third-order valence-electron chi connectivity index (χ3n) is 3.71. The lowest BCUT2D eigenvalue weighted by atomic mass is 9.74. The van der Waals surface area contributed by atoms with Gasteiger partial charge in [-0.15, -0.1) is 4.39 Å². The summed E-state index contributed by atoms with van der Waals surface area (Å²) in [6.07, 6.45) is 4.19. The molecule has 0 N–H and O–H groups in total. The zero-order valence-electron chi connectivity index (χ0n) is 9.03. The van der Waals surface area contributed by atoms with Gasteiger partial charge in [0.1, 0.15) is 5.56 Å². The molecule has 0 unspecified atom stereocenters. The summed E-state index contributed by atoms with van der Waals surface area (Å²) in [5, 5.41) is 0. The zero-order chi connectivity index (χ0) is 12.3. The summed E-state index contributed by atoms with van der Waals surface area (Å²) in [5.74, 6) is -5.73. The molecular weight excluding hydrogens is 232 g/mol. The molecule has 1 aromatic rings. The van der Waals surface area contributed by atoms with E-state index in [0.29, 0.717) is 12.3 Å². The van der Waals surface area contributed by atoms with Crippen LogP contribution >= 0.6 is 0 Å². The molecule has 4 heteroatoms. The van der Waals surface area contributed by atoms with E-state index in [4.69, 9.17) is 0 Å². The standard InChI is InChI=1S/C13H9F4/c1-5-6-2-3-7(4-6)9-8(5)10(14)12(16)13(17)11(9)15/h2-3,6-7H,4H2,1H3/q+1/t6-,7+/m1/s1. The van der Waals surface area contributed by atoms with Crippen molar-refractivity contribution in [3.8, 4) is 0 Å². The molecule has 0 heterocycles. The van der Waals surface area contributed by atoms with Gasteiger partial charge in [0.2, 0.25) is 11.6 Å². The van der Waals surface area contributed by atoms with E-state index < -0.39 is 23.3 Å². The summed E-state index contributed by atoms with van der Waals surface area (Å²) in [6, 6.07) is 0. The van der Waals surface area contributed by atoms with Crippen molar-refractivity contribution in [1.82, 2.24) is 0 Å². The first-order valence-corrected chi connectivity index (χ1v) is 5.40. The third-order valence-corrected chi connectivity index (χ3v) is 3.71. The molecule has 0 amide bonds. The highest BCUT2D eigenvalue weighted by Crippen LogP contribution is 2.49. The quantitative estimate of drug-likeness (QED) is 0.213. The topological polar surface area (TPSA) is 0 Å². The molecule has 0 radical (unpaired) electrons. The van der Waals surface area contributed by atoms with Crippen molar-refractivity contribution in [3.63, 3.8) is 0 Å². The monoisotopic (exact) mass is 241 g/mol. The van der Waals surface area contributed by atoms with Gasteiger partial charge in [0.15, 0.2) is 5.56 Å². The van der Waals surface area contributed by atoms with Crippen molar-refractivity contribution in [2.45, 2.75) is 19.3 Å². The van der Waals surface area contributed by atoms with E-state index in [2.05, 4.69) is 0 Å². The largest absolute Gasteiger partial charge is 0.278 e. The molecule has 0 saturated heterocycles. The summed E-state index contributed by atoms with van der Waals surface area (Å²) in [6.45, 7) is 1.63. The molecule has 2 aliphatic carbocycles. The van der Waals surface area contributed by atoms with Crippen molar-refractivity contribution in [1.29, 1.82) is 0 Å². The Balaban J connectivity index is 2.36. The summed E-state index contributed by atoms with van der Waals surface area (Å²) in [4.78, 5) is 0. The van der Waals surface area contributed by atoms with Crippen molar-refractivity contribution in [2.75, 3.05) is 0 Å². The zero-order valence-corrected chi connectivity index (χ0v) is 9.03. The molecule has 17 heavy (non-hydrogen) atoms. The Labute approximate surface area is 95.9 Å². The summed E-state index contributed by atoms with van der Waals surface area (Å²) < 4.78 is 53.9. The fourth-order valence-electron chi connectivity index (χ4n) is 2.80. The Morgan fingerprint density at radius 1 is 1.00 bits per heavy atom. The van der Waals surface area contributed by atoms with Crippen LogP contribution in [0.5, 0.6) is 0 Å². The number of halogens is 4. The van der Waals surface area contributed by atoms with E-state index in [0.717, 1.165) is 0 Å². The van der Waals surface area contributed by atoms with Gasteiger partial charge >= 0.3 is 0 Å². The molecule has 0 saturated carbocycles. The second-order valence-electron chi connectivity index (χ2n) is 4.56. The van der Waals surface area contributed by atoms with Crippen LogP contribution in [0.4, 0.5) is 17.6 Å². The van der Waals surface area contributed by atoms with Crippen LogP contribution in [-0.4, -0.2) is 0 Å². The van der Waals surface area contributed by atoms with Gasteiger partial charge in [-0.05, 0) is 6.42 Å². The summed E-state index contributed by atoms with van der Waals surface area (Å²) in [5.41, 5.74) is -0.114. The summed E-state index contributed by atoms with van der Waals surface area (Å²) in [7, 11) is 0. The fraction of sp³-hybridized carbons (Fsp3) is 0.308. The first kappa shape index (κ1) is 10.7. The maximum Gasteiger partial charge on any atom is 0.278 e. The minimum absolute atomic E-state index is 0.00580. The highest BCUT2D eigenvalue weighted by Gasteiger charge is 2.48. The Morgan fingerprint density at radius 3 is 2.35 bits per heavy atom. The number of hydrogen-bond donors (Lipinski definition) is 0. The smallest absolute Gasteiger partial charge is 0.198 e. The molecule has 0 aromatic heterocycles. The Morgan fingerprint density at radius 2 is 1.65 bits per heavy atom. The Bertz CT molecular complexity index is 533. The molecule has 2 atom stereocenters. The van der Waals surface area contributed by atoms with Crippen molar-refractivity contribution >= 4 is 0 Å². The van der Waals surface area contributed by atoms with E-state index in [9.17, 15) is 17.6 Å². The highest BCUT2D eigenvalue weighted by atomic mass is 19.2. The van der Waals surface area contributed by atoms with Gasteiger partial charge in [0.05, 0.1) is 5.92 Å². The van der Waals surface area contributed by atoms with Gasteiger partial charge in [0.25, 0.3) is 11.6 Å². The van der Waals surface area contributed by atoms with Crippen LogP contribution in [0.3, 0.4) is 0 Å². The minimum Gasteiger partial charge on any atom is -0.198 e. The normalized spacial score (nSPS) is 25.4. The third kappa shape index (κ3) is 1.21. The van der Waals surface area contributed by atoms with Gasteiger partial charge < -0.3 is 0 Å². The van der Waals surface area contributed by atoms with Crippen LogP contribution < -0.4 is 0 Å². The van der Waals surface area contributed by atoms with E-state index >= 15 is 0 Å². The van der Waals surface area contributed by atoms with E-state index in [1.54, 1.807) is 13.0 Å². The molecule has 0 aliphatic heterocycles. The molecule has 2 bridgehead atoms. The minimum atomic E-state index is -1.72. The van der Waals surface area contributed by atoms with Crippen LogP contribution in [0.15, 0.2) is 12.2 Å². The number of fused-ring (bicyclic) bond motifs is 4. The van der Waals surface area contributed by atoms with Crippen LogP contribution in [0.2, 0.25) is 0 Å². The Kier molecular flexibility index (Phi) is 2.06. The Hall–Kier alpha value is -1.45. The van der Waals surface area contributed by atoms with Crippen LogP contribution in [-0.2, 0) is 0 Å². The lowest BCUT2D eigenvalue weighted by Gasteiger charge is -2.22. The van der Waals surface area contributed by atoms with Gasteiger partial charge in [0, 0.05) is 18.8 Å². The molecule has 3 rings (SSSR count). The SMILES string of the molecule is C[C+]1c2c(F)c(F)c(F)c(F)c2[C@H]2C=C[C@@H]1C2. The lowest BCUT2D eigenvalue weighted by Crippen LogP contribution is -2.22. The predicted molar refractivity (Wildman–Crippen MR) is 54.3 cm³/mol. The van der Waals surface area contributed by atoms with Gasteiger partial charge in [-0.2, -0.15) is 13.2 Å². The molecular formula is C13H9F4+. The molecule has 2 aliphatic rings. The highest BCUT2D eigenvalue weighted by molar-refractivity contribution is 5.51. The average molecular weight is 241 g/mol. The number of benzene rings is 1. The molecule has 0 spiro atoms.